The van der Waals surface area contributed by atoms with Crippen molar-refractivity contribution in [3.05, 3.63) is 0 Å². The number of hydrogen-bond donors (Lipinski definition) is 5. The van der Waals surface area contributed by atoms with Crippen molar-refractivity contribution in [1.82, 2.24) is 21.3 Å². The number of carboxylic acids is 1. The highest BCUT2D eigenvalue weighted by atomic mass is 32.2. The van der Waals surface area contributed by atoms with Gasteiger partial charge in [0, 0.05) is 0 Å². The highest BCUT2D eigenvalue weighted by Gasteiger charge is 2.30. The van der Waals surface area contributed by atoms with Crippen molar-refractivity contribution in [3.63, 3.8) is 0 Å². The maximum Gasteiger partial charge on any atom is 0.326 e. The lowest BCUT2D eigenvalue weighted by Gasteiger charge is -2.25. The summed E-state index contributed by atoms with van der Waals surface area (Å²) in [6, 6.07) is -2.04. The van der Waals surface area contributed by atoms with Gasteiger partial charge >= 0.3 is 5.97 Å². The number of amides is 3. The van der Waals surface area contributed by atoms with Crippen LogP contribution < -0.4 is 21.3 Å². The third-order valence-electron chi connectivity index (χ3n) is 4.84. The molecule has 1 fully saturated rings. The first-order valence-corrected chi connectivity index (χ1v) is 11.0. The predicted octanol–water partition coefficient (Wildman–Crippen LogP) is -0.292. The first-order valence-electron chi connectivity index (χ1n) is 9.62. The summed E-state index contributed by atoms with van der Waals surface area (Å²) in [6.45, 7) is 4.21. The van der Waals surface area contributed by atoms with E-state index in [0.29, 0.717) is 18.6 Å². The molecule has 160 valence electrons. The van der Waals surface area contributed by atoms with E-state index in [1.54, 1.807) is 0 Å². The van der Waals surface area contributed by atoms with Crippen molar-refractivity contribution in [3.8, 4) is 0 Å². The fraction of sp³-hybridized carbons (Fsp3) is 0.778. The van der Waals surface area contributed by atoms with Gasteiger partial charge in [0.1, 0.15) is 12.1 Å². The molecule has 0 bridgehead atoms. The number of carbonyl (C=O) groups excluding carboxylic acids is 3. The Morgan fingerprint density at radius 2 is 1.96 bits per heavy atom. The monoisotopic (exact) mass is 416 g/mol. The van der Waals surface area contributed by atoms with Crippen LogP contribution in [-0.2, 0) is 19.2 Å². The SMILES string of the molecule is CCC(C)C(NC(=O)C1CCCN1)C(=O)NCC(=O)NC(CCSC)C(=O)O. The number of aliphatic carboxylic acids is 1. The highest BCUT2D eigenvalue weighted by molar-refractivity contribution is 7.98. The molecule has 10 heteroatoms. The van der Waals surface area contributed by atoms with Gasteiger partial charge in [-0.05, 0) is 43.7 Å². The molecule has 0 aromatic rings. The zero-order valence-corrected chi connectivity index (χ0v) is 17.6. The van der Waals surface area contributed by atoms with Gasteiger partial charge < -0.3 is 26.4 Å². The van der Waals surface area contributed by atoms with E-state index in [2.05, 4.69) is 21.3 Å². The van der Waals surface area contributed by atoms with Crippen LogP contribution in [0.4, 0.5) is 0 Å². The van der Waals surface area contributed by atoms with Gasteiger partial charge in [-0.25, -0.2) is 4.79 Å². The summed E-state index contributed by atoms with van der Waals surface area (Å²) in [5.74, 6) is -1.86. The standard InChI is InChI=1S/C18H32N4O5S/c1-4-11(2)15(22-16(24)12-6-5-8-19-12)17(25)20-10-14(23)21-13(18(26)27)7-9-28-3/h11-13,15,19H,4-10H2,1-3H3,(H,20,25)(H,21,23)(H,22,24)(H,26,27). The Kier molecular flexibility index (Phi) is 10.9. The second-order valence-electron chi connectivity index (χ2n) is 6.98. The van der Waals surface area contributed by atoms with Crippen LogP contribution in [0, 0.1) is 5.92 Å². The molecule has 28 heavy (non-hydrogen) atoms. The molecule has 0 spiro atoms. The minimum absolute atomic E-state index is 0.109. The number of carbonyl (C=O) groups is 4. The third-order valence-corrected chi connectivity index (χ3v) is 5.48. The van der Waals surface area contributed by atoms with E-state index in [4.69, 9.17) is 5.11 Å². The van der Waals surface area contributed by atoms with Gasteiger partial charge in [0.2, 0.25) is 17.7 Å². The Morgan fingerprint density at radius 3 is 2.50 bits per heavy atom. The Hall–Kier alpha value is -1.81. The number of thioether (sulfide) groups is 1. The van der Waals surface area contributed by atoms with E-state index in [-0.39, 0.29) is 24.4 Å². The topological polar surface area (TPSA) is 137 Å². The van der Waals surface area contributed by atoms with Gasteiger partial charge in [0.15, 0.2) is 0 Å². The van der Waals surface area contributed by atoms with E-state index in [1.807, 2.05) is 20.1 Å². The summed E-state index contributed by atoms with van der Waals surface area (Å²) in [5, 5.41) is 19.9. The molecule has 1 aliphatic rings. The van der Waals surface area contributed by atoms with Gasteiger partial charge in [0.25, 0.3) is 0 Å². The van der Waals surface area contributed by atoms with E-state index in [1.165, 1.54) is 11.8 Å². The van der Waals surface area contributed by atoms with Crippen LogP contribution in [-0.4, -0.2) is 72.0 Å². The molecule has 0 aromatic heterocycles. The summed E-state index contributed by atoms with van der Waals surface area (Å²) in [5.41, 5.74) is 0. The highest BCUT2D eigenvalue weighted by Crippen LogP contribution is 2.11. The zero-order chi connectivity index (χ0) is 21.1. The average Bonchev–Trinajstić information content (AvgIpc) is 3.21. The molecule has 5 N–H and O–H groups in total. The lowest BCUT2D eigenvalue weighted by Crippen LogP contribution is -2.55. The molecule has 1 aliphatic heterocycles. The first-order chi connectivity index (χ1) is 13.3. The molecule has 4 unspecified atom stereocenters. The molecule has 4 atom stereocenters. The predicted molar refractivity (Wildman–Crippen MR) is 108 cm³/mol. The average molecular weight is 417 g/mol. The number of nitrogens with one attached hydrogen (secondary N) is 4. The molecule has 0 aromatic carbocycles. The van der Waals surface area contributed by atoms with E-state index in [0.717, 1.165) is 19.4 Å². The van der Waals surface area contributed by atoms with Gasteiger partial charge in [-0.2, -0.15) is 11.8 Å². The largest absolute Gasteiger partial charge is 0.480 e. The molecule has 3 amide bonds. The van der Waals surface area contributed by atoms with Crippen molar-refractivity contribution >= 4 is 35.5 Å². The molecule has 1 rings (SSSR count). The van der Waals surface area contributed by atoms with Gasteiger partial charge in [-0.15, -0.1) is 0 Å². The zero-order valence-electron chi connectivity index (χ0n) is 16.7. The lowest BCUT2D eigenvalue weighted by atomic mass is 9.97. The molecule has 0 aliphatic carbocycles. The van der Waals surface area contributed by atoms with Gasteiger partial charge in [0.05, 0.1) is 12.6 Å². The second-order valence-corrected chi connectivity index (χ2v) is 7.96. The van der Waals surface area contributed by atoms with Crippen LogP contribution in [0.25, 0.3) is 0 Å². The van der Waals surface area contributed by atoms with Crippen LogP contribution in [0.1, 0.15) is 39.5 Å². The summed E-state index contributed by atoms with van der Waals surface area (Å²) in [4.78, 5) is 48.1. The van der Waals surface area contributed by atoms with Crippen molar-refractivity contribution in [1.29, 1.82) is 0 Å². The Morgan fingerprint density at radius 1 is 1.25 bits per heavy atom. The first kappa shape index (κ1) is 24.2. The van der Waals surface area contributed by atoms with Crippen LogP contribution in [0.15, 0.2) is 0 Å². The quantitative estimate of drug-likeness (QED) is 0.295. The Bertz CT molecular complexity index is 554. The van der Waals surface area contributed by atoms with Gasteiger partial charge in [-0.3, -0.25) is 14.4 Å². The third kappa shape index (κ3) is 8.05. The van der Waals surface area contributed by atoms with Crippen molar-refractivity contribution in [2.24, 2.45) is 5.92 Å². The fourth-order valence-corrected chi connectivity index (χ4v) is 3.35. The summed E-state index contributed by atoms with van der Waals surface area (Å²) < 4.78 is 0. The molecule has 0 radical (unpaired) electrons. The normalized spacial score (nSPS) is 19.3. The molecule has 1 heterocycles. The smallest absolute Gasteiger partial charge is 0.326 e. The Labute approximate surface area is 170 Å². The number of rotatable bonds is 12. The molecule has 0 saturated carbocycles. The van der Waals surface area contributed by atoms with Crippen molar-refractivity contribution < 1.29 is 24.3 Å². The van der Waals surface area contributed by atoms with E-state index in [9.17, 15) is 19.2 Å². The van der Waals surface area contributed by atoms with Crippen LogP contribution in [0.5, 0.6) is 0 Å². The molecular formula is C18H32N4O5S. The maximum absolute atomic E-state index is 12.5. The van der Waals surface area contributed by atoms with E-state index >= 15 is 0 Å². The lowest BCUT2D eigenvalue weighted by molar-refractivity contribution is -0.141. The molecular weight excluding hydrogens is 384 g/mol. The Balaban J connectivity index is 2.57. The number of hydrogen-bond acceptors (Lipinski definition) is 6. The van der Waals surface area contributed by atoms with Crippen molar-refractivity contribution in [2.75, 3.05) is 25.1 Å². The summed E-state index contributed by atoms with van der Waals surface area (Å²) >= 11 is 1.49. The molecule has 9 nitrogen and oxygen atoms in total. The van der Waals surface area contributed by atoms with Crippen LogP contribution >= 0.6 is 11.8 Å². The van der Waals surface area contributed by atoms with Gasteiger partial charge in [-0.1, -0.05) is 20.3 Å². The minimum Gasteiger partial charge on any atom is -0.480 e. The number of carboxylic acid groups (broad SMARTS) is 1. The molecule has 1 saturated heterocycles. The summed E-state index contributed by atoms with van der Waals surface area (Å²) in [6.07, 6.45) is 4.48. The van der Waals surface area contributed by atoms with Crippen LogP contribution in [0.3, 0.4) is 0 Å². The second kappa shape index (κ2) is 12.6. The maximum atomic E-state index is 12.5. The summed E-state index contributed by atoms with van der Waals surface area (Å²) in [7, 11) is 0. The van der Waals surface area contributed by atoms with Crippen LogP contribution in [0.2, 0.25) is 0 Å². The van der Waals surface area contributed by atoms with Crippen molar-refractivity contribution in [2.45, 2.75) is 57.7 Å². The minimum atomic E-state index is -1.11. The van der Waals surface area contributed by atoms with E-state index < -0.39 is 29.9 Å². The fourth-order valence-electron chi connectivity index (χ4n) is 2.88.